The van der Waals surface area contributed by atoms with E-state index in [-0.39, 0.29) is 17.3 Å². The molecule has 1 fully saturated rings. The highest BCUT2D eigenvalue weighted by molar-refractivity contribution is 7.89. The van der Waals surface area contributed by atoms with E-state index in [4.69, 9.17) is 5.73 Å². The van der Waals surface area contributed by atoms with Crippen LogP contribution in [-0.2, 0) is 17.1 Å². The lowest BCUT2D eigenvalue weighted by molar-refractivity contribution is 0.258. The average molecular weight is 309 g/mol. The van der Waals surface area contributed by atoms with Gasteiger partial charge < -0.3 is 5.73 Å². The molecule has 19 heavy (non-hydrogen) atoms. The second-order valence-corrected chi connectivity index (χ2v) is 6.74. The molecule has 1 atom stereocenters. The highest BCUT2D eigenvalue weighted by Crippen LogP contribution is 2.24. The van der Waals surface area contributed by atoms with Gasteiger partial charge in [0.1, 0.15) is 4.90 Å². The lowest BCUT2D eigenvalue weighted by Crippen LogP contribution is -2.40. The Balaban J connectivity index is 0.00000180. The van der Waals surface area contributed by atoms with E-state index in [9.17, 15) is 8.42 Å². The monoisotopic (exact) mass is 308 g/mol. The molecule has 0 aliphatic carbocycles. The molecule has 0 amide bonds. The van der Waals surface area contributed by atoms with Crippen LogP contribution in [0, 0.1) is 5.92 Å². The quantitative estimate of drug-likeness (QED) is 0.883. The van der Waals surface area contributed by atoms with Crippen molar-refractivity contribution >= 4 is 22.4 Å². The summed E-state index contributed by atoms with van der Waals surface area (Å²) >= 11 is 0. The molecule has 1 aromatic rings. The van der Waals surface area contributed by atoms with Gasteiger partial charge in [0.25, 0.3) is 0 Å². The molecule has 2 rings (SSSR count). The predicted molar refractivity (Wildman–Crippen MR) is 75.6 cm³/mol. The number of nitrogens with two attached hydrogens (primary N) is 1. The van der Waals surface area contributed by atoms with Gasteiger partial charge in [0.2, 0.25) is 10.0 Å². The summed E-state index contributed by atoms with van der Waals surface area (Å²) in [7, 11) is -1.67. The van der Waals surface area contributed by atoms with Crippen molar-refractivity contribution in [3.63, 3.8) is 0 Å². The van der Waals surface area contributed by atoms with Crippen molar-refractivity contribution in [2.45, 2.75) is 24.2 Å². The summed E-state index contributed by atoms with van der Waals surface area (Å²) in [6.45, 7) is 1.79. The van der Waals surface area contributed by atoms with Crippen molar-refractivity contribution in [3.8, 4) is 0 Å². The van der Waals surface area contributed by atoms with Gasteiger partial charge in [0, 0.05) is 26.3 Å². The van der Waals surface area contributed by atoms with Crippen LogP contribution in [0.2, 0.25) is 0 Å². The third kappa shape index (κ3) is 3.68. The van der Waals surface area contributed by atoms with E-state index in [2.05, 4.69) is 5.10 Å². The second-order valence-electron chi connectivity index (χ2n) is 4.80. The summed E-state index contributed by atoms with van der Waals surface area (Å²) in [5, 5.41) is 3.92. The SMILES string of the molecule is Cl.Cn1cc(S(=O)(=O)N2CCCC(CCN)C2)cn1. The number of halogens is 1. The number of rotatable bonds is 4. The highest BCUT2D eigenvalue weighted by Gasteiger charge is 2.30. The number of nitrogens with zero attached hydrogens (tertiary/aromatic N) is 3. The first kappa shape index (κ1) is 16.4. The second kappa shape index (κ2) is 6.69. The van der Waals surface area contributed by atoms with Crippen molar-refractivity contribution in [3.05, 3.63) is 12.4 Å². The Kier molecular flexibility index (Phi) is 5.79. The van der Waals surface area contributed by atoms with Crippen LogP contribution in [0.1, 0.15) is 19.3 Å². The van der Waals surface area contributed by atoms with E-state index in [0.717, 1.165) is 19.3 Å². The molecule has 0 spiro atoms. The molecular formula is C11H21ClN4O2S. The van der Waals surface area contributed by atoms with Crippen LogP contribution in [0.5, 0.6) is 0 Å². The van der Waals surface area contributed by atoms with Crippen molar-refractivity contribution < 1.29 is 8.42 Å². The van der Waals surface area contributed by atoms with Gasteiger partial charge in [-0.3, -0.25) is 4.68 Å². The number of aryl methyl sites for hydroxylation is 1. The molecule has 0 bridgehead atoms. The Morgan fingerprint density at radius 3 is 2.84 bits per heavy atom. The molecule has 1 aromatic heterocycles. The zero-order chi connectivity index (χ0) is 13.2. The zero-order valence-corrected chi connectivity index (χ0v) is 12.7. The Labute approximate surface area is 120 Å². The molecule has 0 saturated carbocycles. The summed E-state index contributed by atoms with van der Waals surface area (Å²) in [4.78, 5) is 0.276. The summed E-state index contributed by atoms with van der Waals surface area (Å²) in [5.74, 6) is 0.384. The number of aromatic nitrogens is 2. The van der Waals surface area contributed by atoms with E-state index in [1.54, 1.807) is 17.5 Å². The first-order chi connectivity index (χ1) is 8.54. The summed E-state index contributed by atoms with van der Waals surface area (Å²) in [6, 6.07) is 0. The minimum Gasteiger partial charge on any atom is -0.330 e. The first-order valence-electron chi connectivity index (χ1n) is 6.23. The van der Waals surface area contributed by atoms with Gasteiger partial charge in [-0.2, -0.15) is 9.40 Å². The molecule has 2 N–H and O–H groups in total. The lowest BCUT2D eigenvalue weighted by atomic mass is 9.96. The maximum atomic E-state index is 12.4. The van der Waals surface area contributed by atoms with Crippen LogP contribution in [0.15, 0.2) is 17.3 Å². The van der Waals surface area contributed by atoms with Gasteiger partial charge >= 0.3 is 0 Å². The molecule has 8 heteroatoms. The zero-order valence-electron chi connectivity index (χ0n) is 11.0. The smallest absolute Gasteiger partial charge is 0.246 e. The molecule has 2 heterocycles. The Hall–Kier alpha value is -0.630. The van der Waals surface area contributed by atoms with E-state index in [1.165, 1.54) is 10.9 Å². The molecular weight excluding hydrogens is 288 g/mol. The minimum atomic E-state index is -3.38. The van der Waals surface area contributed by atoms with Gasteiger partial charge in [-0.25, -0.2) is 8.42 Å². The Bertz CT molecular complexity index is 501. The van der Waals surface area contributed by atoms with Gasteiger partial charge in [-0.05, 0) is 31.7 Å². The number of hydrogen-bond donors (Lipinski definition) is 1. The largest absolute Gasteiger partial charge is 0.330 e. The van der Waals surface area contributed by atoms with Crippen LogP contribution < -0.4 is 5.73 Å². The standard InChI is InChI=1S/C11H20N4O2S.ClH/c1-14-9-11(7-13-14)18(16,17)15-6-2-3-10(8-15)4-5-12;/h7,9-10H,2-6,8,12H2,1H3;1H. The van der Waals surface area contributed by atoms with Crippen molar-refractivity contribution in [1.29, 1.82) is 0 Å². The predicted octanol–water partition coefficient (Wildman–Crippen LogP) is 0.591. The Morgan fingerprint density at radius 1 is 1.53 bits per heavy atom. The molecule has 1 aliphatic heterocycles. The van der Waals surface area contributed by atoms with E-state index < -0.39 is 10.0 Å². The van der Waals surface area contributed by atoms with Crippen LogP contribution in [0.4, 0.5) is 0 Å². The fourth-order valence-electron chi connectivity index (χ4n) is 2.40. The molecule has 0 radical (unpaired) electrons. The van der Waals surface area contributed by atoms with E-state index >= 15 is 0 Å². The van der Waals surface area contributed by atoms with Gasteiger partial charge in [0.05, 0.1) is 6.20 Å². The summed E-state index contributed by atoms with van der Waals surface area (Å²) in [5.41, 5.74) is 5.55. The normalized spacial score (nSPS) is 21.1. The third-order valence-corrected chi connectivity index (χ3v) is 5.19. The number of piperidine rings is 1. The van der Waals surface area contributed by atoms with Crippen LogP contribution in [-0.4, -0.2) is 42.1 Å². The van der Waals surface area contributed by atoms with E-state index in [1.807, 2.05) is 0 Å². The minimum absolute atomic E-state index is 0. The van der Waals surface area contributed by atoms with Crippen molar-refractivity contribution in [2.24, 2.45) is 18.7 Å². The maximum Gasteiger partial charge on any atom is 0.246 e. The number of sulfonamides is 1. The average Bonchev–Trinajstić information content (AvgIpc) is 2.77. The fraction of sp³-hybridized carbons (Fsp3) is 0.727. The van der Waals surface area contributed by atoms with Crippen molar-refractivity contribution in [1.82, 2.24) is 14.1 Å². The molecule has 1 saturated heterocycles. The molecule has 0 aromatic carbocycles. The molecule has 110 valence electrons. The van der Waals surface area contributed by atoms with Crippen LogP contribution in [0.25, 0.3) is 0 Å². The van der Waals surface area contributed by atoms with Crippen LogP contribution >= 0.6 is 12.4 Å². The first-order valence-corrected chi connectivity index (χ1v) is 7.67. The summed E-state index contributed by atoms with van der Waals surface area (Å²) in [6.07, 6.45) is 5.81. The van der Waals surface area contributed by atoms with Gasteiger partial charge in [-0.1, -0.05) is 0 Å². The Morgan fingerprint density at radius 2 is 2.26 bits per heavy atom. The molecule has 6 nitrogen and oxygen atoms in total. The third-order valence-electron chi connectivity index (χ3n) is 3.38. The van der Waals surface area contributed by atoms with Gasteiger partial charge in [0.15, 0.2) is 0 Å². The molecule has 1 aliphatic rings. The van der Waals surface area contributed by atoms with E-state index in [0.29, 0.717) is 25.6 Å². The topological polar surface area (TPSA) is 81.2 Å². The summed E-state index contributed by atoms with van der Waals surface area (Å²) < 4.78 is 27.9. The fourth-order valence-corrected chi connectivity index (χ4v) is 3.94. The van der Waals surface area contributed by atoms with Crippen LogP contribution in [0.3, 0.4) is 0 Å². The number of hydrogen-bond acceptors (Lipinski definition) is 4. The van der Waals surface area contributed by atoms with Crippen molar-refractivity contribution in [2.75, 3.05) is 19.6 Å². The maximum absolute atomic E-state index is 12.4. The lowest BCUT2D eigenvalue weighted by Gasteiger charge is -2.31. The highest BCUT2D eigenvalue weighted by atomic mass is 35.5. The van der Waals surface area contributed by atoms with Gasteiger partial charge in [-0.15, -0.1) is 12.4 Å². The molecule has 1 unspecified atom stereocenters.